The number of esters is 1. The molecule has 0 N–H and O–H groups in total. The summed E-state index contributed by atoms with van der Waals surface area (Å²) in [6.45, 7) is 11.2. The lowest BCUT2D eigenvalue weighted by Gasteiger charge is -2.34. The Morgan fingerprint density at radius 1 is 1.12 bits per heavy atom. The zero-order chi connectivity index (χ0) is 28.8. The summed E-state index contributed by atoms with van der Waals surface area (Å²) in [6.07, 6.45) is 4.08. The van der Waals surface area contributed by atoms with Crippen LogP contribution in [0.15, 0.2) is 24.3 Å². The van der Waals surface area contributed by atoms with Crippen molar-refractivity contribution < 1.29 is 23.5 Å². The Balaban J connectivity index is 1.71. The quantitative estimate of drug-likeness (QED) is 0.309. The van der Waals surface area contributed by atoms with Gasteiger partial charge in [-0.3, -0.25) is 4.98 Å². The van der Waals surface area contributed by atoms with Crippen molar-refractivity contribution in [1.29, 1.82) is 0 Å². The van der Waals surface area contributed by atoms with Gasteiger partial charge in [0.2, 0.25) is 0 Å². The number of fused-ring (bicyclic) bond motifs is 1. The highest BCUT2D eigenvalue weighted by molar-refractivity contribution is 6.03. The third kappa shape index (κ3) is 5.58. The minimum atomic E-state index is -0.603. The number of hydrogen-bond acceptors (Lipinski definition) is 5. The van der Waals surface area contributed by atoms with E-state index in [1.807, 2.05) is 45.9 Å². The number of halogens is 1. The summed E-state index contributed by atoms with van der Waals surface area (Å²) in [7, 11) is 1.34. The van der Waals surface area contributed by atoms with E-state index in [-0.39, 0.29) is 17.8 Å². The number of ether oxygens (including phenoxy) is 2. The molecular formula is C32H40FN3O4. The molecule has 8 heteroatoms. The molecular weight excluding hydrogens is 509 g/mol. The predicted molar refractivity (Wildman–Crippen MR) is 153 cm³/mol. The van der Waals surface area contributed by atoms with Gasteiger partial charge < -0.3 is 18.9 Å². The second-order valence-corrected chi connectivity index (χ2v) is 12.2. The molecule has 1 aliphatic heterocycles. The van der Waals surface area contributed by atoms with E-state index in [0.29, 0.717) is 48.6 Å². The molecule has 214 valence electrons. The van der Waals surface area contributed by atoms with Gasteiger partial charge in [-0.05, 0) is 83.9 Å². The van der Waals surface area contributed by atoms with Gasteiger partial charge in [0.05, 0.1) is 23.9 Å². The third-order valence-corrected chi connectivity index (χ3v) is 7.89. The molecule has 7 nitrogen and oxygen atoms in total. The normalized spacial score (nSPS) is 17.8. The fraction of sp³-hybridized carbons (Fsp3) is 0.531. The fourth-order valence-corrected chi connectivity index (χ4v) is 5.88. The lowest BCUT2D eigenvalue weighted by Crippen LogP contribution is -2.42. The lowest BCUT2D eigenvalue weighted by atomic mass is 9.94. The van der Waals surface area contributed by atoms with Crippen LogP contribution < -0.4 is 0 Å². The zero-order valence-electron chi connectivity index (χ0n) is 24.5. The van der Waals surface area contributed by atoms with Crippen LogP contribution in [0.2, 0.25) is 0 Å². The molecule has 0 spiro atoms. The van der Waals surface area contributed by atoms with Crippen LogP contribution >= 0.6 is 0 Å². The summed E-state index contributed by atoms with van der Waals surface area (Å²) in [4.78, 5) is 32.2. The van der Waals surface area contributed by atoms with Gasteiger partial charge in [-0.1, -0.05) is 13.0 Å². The number of pyridine rings is 1. The van der Waals surface area contributed by atoms with Gasteiger partial charge in [-0.25, -0.2) is 14.0 Å². The Hall–Kier alpha value is -3.42. The molecule has 40 heavy (non-hydrogen) atoms. The first-order valence-corrected chi connectivity index (χ1v) is 14.4. The van der Waals surface area contributed by atoms with Crippen molar-refractivity contribution in [2.75, 3.05) is 20.2 Å². The summed E-state index contributed by atoms with van der Waals surface area (Å²) in [5.41, 5.74) is 4.58. The van der Waals surface area contributed by atoms with E-state index < -0.39 is 11.6 Å². The van der Waals surface area contributed by atoms with Crippen LogP contribution in [0, 0.1) is 18.7 Å². The fourth-order valence-electron chi connectivity index (χ4n) is 5.88. The maximum absolute atomic E-state index is 16.7. The predicted octanol–water partition coefficient (Wildman–Crippen LogP) is 7.02. The molecule has 5 rings (SSSR count). The van der Waals surface area contributed by atoms with Crippen LogP contribution in [0.5, 0.6) is 0 Å². The van der Waals surface area contributed by atoms with Gasteiger partial charge in [-0.15, -0.1) is 0 Å². The van der Waals surface area contributed by atoms with Crippen molar-refractivity contribution in [3.8, 4) is 11.1 Å². The summed E-state index contributed by atoms with van der Waals surface area (Å²) in [5, 5.41) is 0.408. The Kier molecular flexibility index (Phi) is 7.64. The van der Waals surface area contributed by atoms with Crippen LogP contribution in [0.4, 0.5) is 9.18 Å². The van der Waals surface area contributed by atoms with E-state index in [4.69, 9.17) is 14.5 Å². The standard InChI is InChI=1S/C32H40FN3O4/c1-7-26-23(13-10-19(2)34-26)24-15-22(30(37)39-6)16-25-27(33)28(36(29(24)25)17-20-11-12-20)21-9-8-14-35(18-21)31(38)40-32(3,4)5/h10,13,15-16,20-21H,7-9,11-12,14,17-18H2,1-6H3/t21-/m1/s1. The van der Waals surface area contributed by atoms with Crippen molar-refractivity contribution >= 4 is 23.0 Å². The molecule has 1 aliphatic carbocycles. The molecule has 1 amide bonds. The number of carbonyl (C=O) groups is 2. The number of likely N-dealkylation sites (tertiary alicyclic amines) is 1. The topological polar surface area (TPSA) is 73.7 Å². The Labute approximate surface area is 235 Å². The largest absolute Gasteiger partial charge is 0.465 e. The van der Waals surface area contributed by atoms with Crippen molar-refractivity contribution in [3.63, 3.8) is 0 Å². The molecule has 2 aliphatic rings. The number of hydrogen-bond donors (Lipinski definition) is 0. The molecule has 1 atom stereocenters. The molecule has 3 heterocycles. The van der Waals surface area contributed by atoms with E-state index >= 15 is 4.39 Å². The Morgan fingerprint density at radius 2 is 1.88 bits per heavy atom. The number of piperidine rings is 1. The second-order valence-electron chi connectivity index (χ2n) is 12.2. The van der Waals surface area contributed by atoms with Crippen molar-refractivity contribution in [3.05, 3.63) is 52.7 Å². The molecule has 1 saturated carbocycles. The number of benzene rings is 1. The first-order valence-electron chi connectivity index (χ1n) is 14.4. The van der Waals surface area contributed by atoms with E-state index in [1.54, 1.807) is 11.0 Å². The Morgan fingerprint density at radius 3 is 2.52 bits per heavy atom. The van der Waals surface area contributed by atoms with Gasteiger partial charge in [-0.2, -0.15) is 0 Å². The first-order chi connectivity index (χ1) is 19.0. The van der Waals surface area contributed by atoms with Gasteiger partial charge in [0.1, 0.15) is 5.60 Å². The molecule has 0 bridgehead atoms. The highest BCUT2D eigenvalue weighted by Crippen LogP contribution is 2.43. The number of rotatable bonds is 6. The maximum atomic E-state index is 16.7. The van der Waals surface area contributed by atoms with Crippen LogP contribution in [0.25, 0.3) is 22.0 Å². The summed E-state index contributed by atoms with van der Waals surface area (Å²) >= 11 is 0. The zero-order valence-corrected chi connectivity index (χ0v) is 24.5. The summed E-state index contributed by atoms with van der Waals surface area (Å²) in [5.74, 6) is -0.541. The number of methoxy groups -OCH3 is 1. The van der Waals surface area contributed by atoms with Gasteiger partial charge in [0, 0.05) is 53.5 Å². The van der Waals surface area contributed by atoms with E-state index in [2.05, 4.69) is 11.5 Å². The van der Waals surface area contributed by atoms with Crippen molar-refractivity contribution in [1.82, 2.24) is 14.5 Å². The summed E-state index contributed by atoms with van der Waals surface area (Å²) < 4.78 is 29.6. The number of carbonyl (C=O) groups excluding carboxylic acids is 2. The highest BCUT2D eigenvalue weighted by Gasteiger charge is 2.35. The Bertz CT molecular complexity index is 1450. The molecule has 3 aromatic rings. The maximum Gasteiger partial charge on any atom is 0.410 e. The van der Waals surface area contributed by atoms with Gasteiger partial charge >= 0.3 is 12.1 Å². The SMILES string of the molecule is CCc1nc(C)ccc1-c1cc(C(=O)OC)cc2c(F)c([C@@H]3CCCN(C(=O)OC(C)(C)C)C3)n(CC3CC3)c12. The van der Waals surface area contributed by atoms with Gasteiger partial charge in [0.25, 0.3) is 0 Å². The summed E-state index contributed by atoms with van der Waals surface area (Å²) in [6, 6.07) is 7.42. The third-order valence-electron chi connectivity index (χ3n) is 7.89. The van der Waals surface area contributed by atoms with Crippen LogP contribution in [0.3, 0.4) is 0 Å². The van der Waals surface area contributed by atoms with Crippen LogP contribution in [0.1, 0.15) is 86.7 Å². The minimum absolute atomic E-state index is 0.191. The van der Waals surface area contributed by atoms with Crippen molar-refractivity contribution in [2.45, 2.75) is 84.8 Å². The van der Waals surface area contributed by atoms with E-state index in [1.165, 1.54) is 7.11 Å². The van der Waals surface area contributed by atoms with E-state index in [9.17, 15) is 9.59 Å². The monoisotopic (exact) mass is 549 g/mol. The molecule has 1 saturated heterocycles. The smallest absolute Gasteiger partial charge is 0.410 e. The molecule has 0 radical (unpaired) electrons. The molecule has 1 aromatic carbocycles. The number of aryl methyl sites for hydroxylation is 2. The first kappa shape index (κ1) is 28.1. The number of aromatic nitrogens is 2. The van der Waals surface area contributed by atoms with Crippen LogP contribution in [-0.2, 0) is 22.4 Å². The van der Waals surface area contributed by atoms with Gasteiger partial charge in [0.15, 0.2) is 5.82 Å². The molecule has 2 aromatic heterocycles. The molecule has 2 fully saturated rings. The minimum Gasteiger partial charge on any atom is -0.465 e. The number of amides is 1. The van der Waals surface area contributed by atoms with Crippen molar-refractivity contribution in [2.24, 2.45) is 5.92 Å². The average Bonchev–Trinajstić information content (AvgIpc) is 3.70. The van der Waals surface area contributed by atoms with E-state index in [0.717, 1.165) is 53.7 Å². The number of nitrogens with zero attached hydrogens (tertiary/aromatic N) is 3. The second kappa shape index (κ2) is 10.9. The lowest BCUT2D eigenvalue weighted by molar-refractivity contribution is 0.0194. The average molecular weight is 550 g/mol. The molecule has 0 unspecified atom stereocenters. The van der Waals surface area contributed by atoms with Crippen LogP contribution in [-0.4, -0.2) is 52.3 Å². The highest BCUT2D eigenvalue weighted by atomic mass is 19.1.